The van der Waals surface area contributed by atoms with Gasteiger partial charge in [0.15, 0.2) is 0 Å². The molecule has 0 saturated carbocycles. The van der Waals surface area contributed by atoms with Crippen molar-refractivity contribution in [2.75, 3.05) is 45.2 Å². The largest absolute Gasteiger partial charge is 0.357 e. The standard InChI is InChI=1S/C16H27N5O/c1-20(2)9-7-8-17-16(22)14-12-15(19-13-18-14)21-10-5-3-4-6-11-21/h12-13H,3-11H2,1-2H3,(H,17,22). The number of hydrogen-bond acceptors (Lipinski definition) is 5. The van der Waals surface area contributed by atoms with Gasteiger partial charge in [0.25, 0.3) is 5.91 Å². The summed E-state index contributed by atoms with van der Waals surface area (Å²) in [5.74, 6) is 0.757. The van der Waals surface area contributed by atoms with Crippen LogP contribution in [-0.2, 0) is 0 Å². The van der Waals surface area contributed by atoms with Crippen molar-refractivity contribution in [1.29, 1.82) is 0 Å². The van der Waals surface area contributed by atoms with Crippen molar-refractivity contribution in [2.45, 2.75) is 32.1 Å². The summed E-state index contributed by atoms with van der Waals surface area (Å²) in [7, 11) is 4.05. The summed E-state index contributed by atoms with van der Waals surface area (Å²) in [6, 6.07) is 1.81. The lowest BCUT2D eigenvalue weighted by Gasteiger charge is -2.21. The molecule has 2 heterocycles. The molecule has 0 aromatic carbocycles. The van der Waals surface area contributed by atoms with Gasteiger partial charge in [0, 0.05) is 25.7 Å². The van der Waals surface area contributed by atoms with Crippen molar-refractivity contribution in [3.63, 3.8) is 0 Å². The number of hydrogen-bond donors (Lipinski definition) is 1. The topological polar surface area (TPSA) is 61.4 Å². The highest BCUT2D eigenvalue weighted by molar-refractivity contribution is 5.92. The summed E-state index contributed by atoms with van der Waals surface area (Å²) < 4.78 is 0. The maximum atomic E-state index is 12.2. The van der Waals surface area contributed by atoms with E-state index in [2.05, 4.69) is 25.1 Å². The van der Waals surface area contributed by atoms with Gasteiger partial charge in [-0.15, -0.1) is 0 Å². The van der Waals surface area contributed by atoms with Crippen LogP contribution < -0.4 is 10.2 Å². The Morgan fingerprint density at radius 1 is 1.23 bits per heavy atom. The number of amides is 1. The Morgan fingerprint density at radius 3 is 2.64 bits per heavy atom. The molecule has 6 nitrogen and oxygen atoms in total. The lowest BCUT2D eigenvalue weighted by molar-refractivity contribution is 0.0947. The molecule has 0 bridgehead atoms. The van der Waals surface area contributed by atoms with Gasteiger partial charge in [-0.05, 0) is 39.9 Å². The van der Waals surface area contributed by atoms with E-state index in [4.69, 9.17) is 0 Å². The Balaban J connectivity index is 1.90. The lowest BCUT2D eigenvalue weighted by Crippen LogP contribution is -2.29. The van der Waals surface area contributed by atoms with E-state index >= 15 is 0 Å². The van der Waals surface area contributed by atoms with Crippen molar-refractivity contribution < 1.29 is 4.79 Å². The SMILES string of the molecule is CN(C)CCCNC(=O)c1cc(N2CCCCCC2)ncn1. The van der Waals surface area contributed by atoms with Gasteiger partial charge in [0.05, 0.1) is 0 Å². The maximum absolute atomic E-state index is 12.2. The monoisotopic (exact) mass is 305 g/mol. The smallest absolute Gasteiger partial charge is 0.270 e. The Hall–Kier alpha value is -1.69. The second kappa shape index (κ2) is 8.68. The van der Waals surface area contributed by atoms with Crippen molar-refractivity contribution in [1.82, 2.24) is 20.2 Å². The molecule has 0 spiro atoms. The Labute approximate surface area is 132 Å². The molecule has 1 amide bonds. The van der Waals surface area contributed by atoms with Gasteiger partial charge < -0.3 is 15.1 Å². The molecule has 1 aliphatic heterocycles. The molecule has 0 radical (unpaired) electrons. The molecule has 2 rings (SSSR count). The van der Waals surface area contributed by atoms with Crippen LogP contribution in [0.2, 0.25) is 0 Å². The van der Waals surface area contributed by atoms with E-state index in [1.54, 1.807) is 0 Å². The van der Waals surface area contributed by atoms with Crippen LogP contribution >= 0.6 is 0 Å². The van der Waals surface area contributed by atoms with Gasteiger partial charge in [-0.3, -0.25) is 4.79 Å². The molecule has 1 N–H and O–H groups in total. The zero-order chi connectivity index (χ0) is 15.8. The third kappa shape index (κ3) is 5.26. The van der Waals surface area contributed by atoms with E-state index in [0.29, 0.717) is 12.2 Å². The first kappa shape index (κ1) is 16.7. The van der Waals surface area contributed by atoms with Gasteiger partial charge in [0.1, 0.15) is 17.8 Å². The van der Waals surface area contributed by atoms with Crippen LogP contribution in [0.1, 0.15) is 42.6 Å². The highest BCUT2D eigenvalue weighted by atomic mass is 16.1. The fourth-order valence-corrected chi connectivity index (χ4v) is 2.63. The summed E-state index contributed by atoms with van der Waals surface area (Å²) in [5.41, 5.74) is 0.458. The van der Waals surface area contributed by atoms with Gasteiger partial charge in [-0.25, -0.2) is 9.97 Å². The van der Waals surface area contributed by atoms with Crippen LogP contribution in [0.3, 0.4) is 0 Å². The van der Waals surface area contributed by atoms with Crippen LogP contribution in [0.5, 0.6) is 0 Å². The van der Waals surface area contributed by atoms with Crippen molar-refractivity contribution in [3.05, 3.63) is 18.1 Å². The first-order valence-corrected chi connectivity index (χ1v) is 8.17. The fourth-order valence-electron chi connectivity index (χ4n) is 2.63. The molecule has 122 valence electrons. The molecule has 0 unspecified atom stereocenters. The van der Waals surface area contributed by atoms with Gasteiger partial charge >= 0.3 is 0 Å². The second-order valence-corrected chi connectivity index (χ2v) is 6.08. The number of nitrogens with one attached hydrogen (secondary N) is 1. The minimum absolute atomic E-state index is 0.114. The molecular formula is C16H27N5O. The molecule has 6 heteroatoms. The lowest BCUT2D eigenvalue weighted by atomic mass is 10.2. The van der Waals surface area contributed by atoms with E-state index in [-0.39, 0.29) is 5.91 Å². The van der Waals surface area contributed by atoms with Gasteiger partial charge in [-0.1, -0.05) is 12.8 Å². The molecule has 1 saturated heterocycles. The number of rotatable bonds is 6. The summed E-state index contributed by atoms with van der Waals surface area (Å²) in [6.07, 6.45) is 7.37. The third-order valence-electron chi connectivity index (χ3n) is 3.88. The number of carbonyl (C=O) groups is 1. The van der Waals surface area contributed by atoms with Gasteiger partial charge in [-0.2, -0.15) is 0 Å². The zero-order valence-electron chi connectivity index (χ0n) is 13.7. The van der Waals surface area contributed by atoms with Crippen LogP contribution in [-0.4, -0.2) is 61.0 Å². The van der Waals surface area contributed by atoms with Crippen molar-refractivity contribution in [2.24, 2.45) is 0 Å². The molecule has 0 aliphatic carbocycles. The Bertz CT molecular complexity index is 469. The van der Waals surface area contributed by atoms with Gasteiger partial charge in [0.2, 0.25) is 0 Å². The third-order valence-corrected chi connectivity index (χ3v) is 3.88. The van der Waals surface area contributed by atoms with Crippen molar-refractivity contribution in [3.8, 4) is 0 Å². The normalized spacial score (nSPS) is 15.7. The molecule has 0 atom stereocenters. The summed E-state index contributed by atoms with van der Waals surface area (Å²) in [6.45, 7) is 3.66. The van der Waals surface area contributed by atoms with E-state index < -0.39 is 0 Å². The zero-order valence-corrected chi connectivity index (χ0v) is 13.7. The number of nitrogens with zero attached hydrogens (tertiary/aromatic N) is 4. The fraction of sp³-hybridized carbons (Fsp3) is 0.688. The maximum Gasteiger partial charge on any atom is 0.270 e. The van der Waals surface area contributed by atoms with E-state index in [0.717, 1.165) is 31.9 Å². The highest BCUT2D eigenvalue weighted by Gasteiger charge is 2.14. The van der Waals surface area contributed by atoms with E-state index in [9.17, 15) is 4.79 Å². The minimum atomic E-state index is -0.114. The molecule has 22 heavy (non-hydrogen) atoms. The predicted octanol–water partition coefficient (Wildman–Crippen LogP) is 1.54. The predicted molar refractivity (Wildman–Crippen MR) is 88.2 cm³/mol. The van der Waals surface area contributed by atoms with E-state index in [1.165, 1.54) is 32.0 Å². The summed E-state index contributed by atoms with van der Waals surface area (Å²) in [5, 5.41) is 2.92. The quantitative estimate of drug-likeness (QED) is 0.808. The number of aromatic nitrogens is 2. The molecular weight excluding hydrogens is 278 g/mol. The first-order valence-electron chi connectivity index (χ1n) is 8.17. The number of carbonyl (C=O) groups excluding carboxylic acids is 1. The van der Waals surface area contributed by atoms with Crippen molar-refractivity contribution >= 4 is 11.7 Å². The summed E-state index contributed by atoms with van der Waals surface area (Å²) >= 11 is 0. The molecule has 1 aromatic rings. The Kier molecular flexibility index (Phi) is 6.58. The average Bonchev–Trinajstić information content (AvgIpc) is 2.80. The summed E-state index contributed by atoms with van der Waals surface area (Å²) in [4.78, 5) is 25.0. The Morgan fingerprint density at radius 2 is 1.95 bits per heavy atom. The van der Waals surface area contributed by atoms with Crippen LogP contribution in [0.4, 0.5) is 5.82 Å². The molecule has 1 fully saturated rings. The second-order valence-electron chi connectivity index (χ2n) is 6.08. The van der Waals surface area contributed by atoms with Crippen LogP contribution in [0, 0.1) is 0 Å². The van der Waals surface area contributed by atoms with Crippen LogP contribution in [0.25, 0.3) is 0 Å². The minimum Gasteiger partial charge on any atom is -0.357 e. The van der Waals surface area contributed by atoms with Crippen LogP contribution in [0.15, 0.2) is 12.4 Å². The molecule has 1 aliphatic rings. The average molecular weight is 305 g/mol. The van der Waals surface area contributed by atoms with E-state index in [1.807, 2.05) is 20.2 Å². The highest BCUT2D eigenvalue weighted by Crippen LogP contribution is 2.17. The molecule has 1 aromatic heterocycles. The number of anilines is 1. The first-order chi connectivity index (χ1) is 10.7.